The number of anilines is 1. The Bertz CT molecular complexity index is 1470. The number of methoxy groups -OCH3 is 1. The number of nitrogens with one attached hydrogen (secondary N) is 2. The number of ether oxygens (including phenoxy) is 2. The van der Waals surface area contributed by atoms with Gasteiger partial charge < -0.3 is 24.3 Å². The average molecular weight is 489 g/mol. The molecule has 180 valence electrons. The van der Waals surface area contributed by atoms with Gasteiger partial charge in [0.1, 0.15) is 10.6 Å². The van der Waals surface area contributed by atoms with E-state index < -0.39 is 27.0 Å². The van der Waals surface area contributed by atoms with E-state index in [4.69, 9.17) is 9.47 Å². The van der Waals surface area contributed by atoms with Crippen LogP contribution in [0.4, 0.5) is 5.69 Å². The van der Waals surface area contributed by atoms with Gasteiger partial charge in [0, 0.05) is 30.9 Å². The van der Waals surface area contributed by atoms with Crippen LogP contribution in [0.3, 0.4) is 0 Å². The predicted octanol–water partition coefficient (Wildman–Crippen LogP) is 0.992. The van der Waals surface area contributed by atoms with Crippen LogP contribution >= 0.6 is 0 Å². The van der Waals surface area contributed by atoms with Crippen molar-refractivity contribution < 1.29 is 22.7 Å². The number of rotatable bonds is 6. The summed E-state index contributed by atoms with van der Waals surface area (Å²) in [4.78, 5) is 39.3. The van der Waals surface area contributed by atoms with Gasteiger partial charge in [-0.25, -0.2) is 8.42 Å². The summed E-state index contributed by atoms with van der Waals surface area (Å²) in [5.74, 6) is -0.359. The molecule has 1 aromatic heterocycles. The Hall–Kier alpha value is -3.48. The molecule has 2 heterocycles. The largest absolute Gasteiger partial charge is 0.495 e. The zero-order valence-corrected chi connectivity index (χ0v) is 19.5. The monoisotopic (exact) mass is 488 g/mol. The van der Waals surface area contributed by atoms with Crippen LogP contribution in [-0.4, -0.2) is 61.6 Å². The number of H-pyrrole nitrogens is 1. The quantitative estimate of drug-likeness (QED) is 0.493. The molecule has 34 heavy (non-hydrogen) atoms. The highest BCUT2D eigenvalue weighted by atomic mass is 32.2. The Morgan fingerprint density at radius 3 is 2.56 bits per heavy atom. The number of amides is 1. The number of hydrogen-bond acceptors (Lipinski definition) is 7. The maximum absolute atomic E-state index is 13.2. The van der Waals surface area contributed by atoms with Crippen LogP contribution < -0.4 is 21.2 Å². The summed E-state index contributed by atoms with van der Waals surface area (Å²) < 4.78 is 39.4. The van der Waals surface area contributed by atoms with Gasteiger partial charge in [0.15, 0.2) is 0 Å². The van der Waals surface area contributed by atoms with Crippen molar-refractivity contribution in [3.8, 4) is 5.75 Å². The standard InChI is InChI=1S/C22H24N4O7S/c1-3-26-17-6-4-14(12-16(17)24-21(28)22(26)29)20(27)23-15-5-7-18(32-2)19(13-15)34(30,31)25-8-10-33-11-9-25/h4-7,12-13H,3,8-11H2,1-2H3,(H,23,27)(H,24,28). The van der Waals surface area contributed by atoms with Crippen molar-refractivity contribution >= 4 is 32.7 Å². The second kappa shape index (κ2) is 9.41. The number of benzene rings is 2. The molecule has 12 heteroatoms. The zero-order chi connectivity index (χ0) is 24.5. The van der Waals surface area contributed by atoms with E-state index in [1.54, 1.807) is 13.0 Å². The molecule has 0 bridgehead atoms. The third-order valence-electron chi connectivity index (χ3n) is 5.56. The van der Waals surface area contributed by atoms with E-state index in [0.717, 1.165) is 0 Å². The molecule has 0 unspecified atom stereocenters. The van der Waals surface area contributed by atoms with E-state index in [0.29, 0.717) is 30.8 Å². The van der Waals surface area contributed by atoms with Crippen molar-refractivity contribution in [1.29, 1.82) is 0 Å². The molecular weight excluding hydrogens is 464 g/mol. The Morgan fingerprint density at radius 1 is 1.15 bits per heavy atom. The van der Waals surface area contributed by atoms with Gasteiger partial charge in [-0.2, -0.15) is 4.31 Å². The third-order valence-corrected chi connectivity index (χ3v) is 7.48. The molecule has 1 fully saturated rings. The molecule has 1 aliphatic rings. The SMILES string of the molecule is CCn1c(=O)c(=O)[nH]c2cc(C(=O)Nc3ccc(OC)c(S(=O)(=O)N4CCOCC4)c3)ccc21. The maximum atomic E-state index is 13.2. The second-order valence-electron chi connectivity index (χ2n) is 7.57. The van der Waals surface area contributed by atoms with Gasteiger partial charge in [-0.1, -0.05) is 0 Å². The highest BCUT2D eigenvalue weighted by Crippen LogP contribution is 2.30. The summed E-state index contributed by atoms with van der Waals surface area (Å²) in [5, 5.41) is 2.68. The lowest BCUT2D eigenvalue weighted by atomic mass is 10.1. The van der Waals surface area contributed by atoms with Gasteiger partial charge in [-0.3, -0.25) is 14.4 Å². The molecule has 1 aliphatic heterocycles. The fourth-order valence-corrected chi connectivity index (χ4v) is 5.41. The van der Waals surface area contributed by atoms with E-state index in [9.17, 15) is 22.8 Å². The van der Waals surface area contributed by atoms with E-state index >= 15 is 0 Å². The van der Waals surface area contributed by atoms with Crippen LogP contribution in [0.5, 0.6) is 5.75 Å². The molecule has 0 saturated carbocycles. The van der Waals surface area contributed by atoms with Crippen LogP contribution in [0, 0.1) is 0 Å². The van der Waals surface area contributed by atoms with Crippen LogP contribution in [0.2, 0.25) is 0 Å². The van der Waals surface area contributed by atoms with Crippen molar-refractivity contribution in [3.63, 3.8) is 0 Å². The first-order valence-corrected chi connectivity index (χ1v) is 12.0. The van der Waals surface area contributed by atoms with Crippen molar-refractivity contribution in [3.05, 3.63) is 62.7 Å². The summed E-state index contributed by atoms with van der Waals surface area (Å²) in [5.41, 5.74) is -0.140. The van der Waals surface area contributed by atoms with Gasteiger partial charge in [0.25, 0.3) is 5.91 Å². The summed E-state index contributed by atoms with van der Waals surface area (Å²) in [6.45, 7) is 3.09. The van der Waals surface area contributed by atoms with Crippen molar-refractivity contribution in [2.75, 3.05) is 38.7 Å². The van der Waals surface area contributed by atoms with Crippen molar-refractivity contribution in [1.82, 2.24) is 13.9 Å². The molecule has 0 atom stereocenters. The summed E-state index contributed by atoms with van der Waals surface area (Å²) in [6.07, 6.45) is 0. The van der Waals surface area contributed by atoms with Gasteiger partial charge in [-0.15, -0.1) is 0 Å². The number of hydrogen-bond donors (Lipinski definition) is 2. The Labute approximate surface area is 195 Å². The minimum Gasteiger partial charge on any atom is -0.495 e. The highest BCUT2D eigenvalue weighted by Gasteiger charge is 2.29. The molecule has 0 aliphatic carbocycles. The predicted molar refractivity (Wildman–Crippen MR) is 125 cm³/mol. The number of carbonyl (C=O) groups is 1. The lowest BCUT2D eigenvalue weighted by Crippen LogP contribution is -2.40. The number of aryl methyl sites for hydroxylation is 1. The normalized spacial score (nSPS) is 14.8. The zero-order valence-electron chi connectivity index (χ0n) is 18.7. The van der Waals surface area contributed by atoms with E-state index in [-0.39, 0.29) is 35.0 Å². The molecule has 2 aromatic carbocycles. The van der Waals surface area contributed by atoms with Gasteiger partial charge in [0.05, 0.1) is 31.4 Å². The van der Waals surface area contributed by atoms with E-state index in [1.165, 1.54) is 46.3 Å². The number of aromatic nitrogens is 2. The van der Waals surface area contributed by atoms with Gasteiger partial charge >= 0.3 is 11.1 Å². The number of sulfonamides is 1. The van der Waals surface area contributed by atoms with Crippen molar-refractivity contribution in [2.45, 2.75) is 18.4 Å². The van der Waals surface area contributed by atoms with Crippen LogP contribution in [0.1, 0.15) is 17.3 Å². The third kappa shape index (κ3) is 4.34. The summed E-state index contributed by atoms with van der Waals surface area (Å²) in [6, 6.07) is 8.92. The lowest BCUT2D eigenvalue weighted by molar-refractivity contribution is 0.0729. The number of carbonyl (C=O) groups excluding carboxylic acids is 1. The van der Waals surface area contributed by atoms with Crippen LogP contribution in [0.25, 0.3) is 11.0 Å². The molecule has 4 rings (SSSR count). The molecule has 1 saturated heterocycles. The fourth-order valence-electron chi connectivity index (χ4n) is 3.82. The molecule has 3 aromatic rings. The first-order chi connectivity index (χ1) is 16.3. The Kier molecular flexibility index (Phi) is 6.55. The molecule has 0 radical (unpaired) electrons. The first kappa shape index (κ1) is 23.7. The minimum atomic E-state index is -3.87. The van der Waals surface area contributed by atoms with Crippen molar-refractivity contribution in [2.24, 2.45) is 0 Å². The number of nitrogens with zero attached hydrogens (tertiary/aromatic N) is 2. The molecular formula is C22H24N4O7S. The fraction of sp³-hybridized carbons (Fsp3) is 0.318. The molecule has 2 N–H and O–H groups in total. The summed E-state index contributed by atoms with van der Waals surface area (Å²) >= 11 is 0. The molecule has 1 amide bonds. The van der Waals surface area contributed by atoms with E-state index in [1.807, 2.05) is 0 Å². The first-order valence-electron chi connectivity index (χ1n) is 10.6. The lowest BCUT2D eigenvalue weighted by Gasteiger charge is -2.26. The molecule has 0 spiro atoms. The smallest absolute Gasteiger partial charge is 0.316 e. The summed E-state index contributed by atoms with van der Waals surface area (Å²) in [7, 11) is -2.50. The van der Waals surface area contributed by atoms with Gasteiger partial charge in [0.2, 0.25) is 10.0 Å². The molecule has 11 nitrogen and oxygen atoms in total. The second-order valence-corrected chi connectivity index (χ2v) is 9.48. The Balaban J connectivity index is 1.66. The number of fused-ring (bicyclic) bond motifs is 1. The number of aromatic amines is 1. The Morgan fingerprint density at radius 2 is 1.88 bits per heavy atom. The topological polar surface area (TPSA) is 140 Å². The van der Waals surface area contributed by atoms with Gasteiger partial charge in [-0.05, 0) is 43.3 Å². The highest BCUT2D eigenvalue weighted by molar-refractivity contribution is 7.89. The van der Waals surface area contributed by atoms with E-state index in [2.05, 4.69) is 10.3 Å². The van der Waals surface area contributed by atoms with Crippen LogP contribution in [-0.2, 0) is 21.3 Å². The van der Waals surface area contributed by atoms with Crippen LogP contribution in [0.15, 0.2) is 50.9 Å². The maximum Gasteiger partial charge on any atom is 0.316 e. The average Bonchev–Trinajstić information content (AvgIpc) is 2.85. The number of morpholine rings is 1. The minimum absolute atomic E-state index is 0.0653.